The zero-order valence-corrected chi connectivity index (χ0v) is 21.3. The summed E-state index contributed by atoms with van der Waals surface area (Å²) in [6.45, 7) is 0. The molecule has 0 aliphatic heterocycles. The van der Waals surface area contributed by atoms with E-state index >= 15 is 0 Å². The Bertz CT molecular complexity index is 2160. The van der Waals surface area contributed by atoms with E-state index in [0.717, 1.165) is 32.2 Å². The molecule has 0 spiro atoms. The van der Waals surface area contributed by atoms with Crippen molar-refractivity contribution in [3.8, 4) is 11.6 Å². The maximum atomic E-state index is 13.3. The van der Waals surface area contributed by atoms with Crippen LogP contribution in [0.5, 0.6) is 0 Å². The lowest BCUT2D eigenvalue weighted by Crippen LogP contribution is -2.08. The molecule has 0 amide bonds. The predicted octanol–water partition coefficient (Wildman–Crippen LogP) is 7.15. The van der Waals surface area contributed by atoms with E-state index in [1.54, 1.807) is 18.4 Å². The van der Waals surface area contributed by atoms with Crippen molar-refractivity contribution >= 4 is 66.4 Å². The van der Waals surface area contributed by atoms with E-state index < -0.39 is 0 Å². The van der Waals surface area contributed by atoms with Crippen LogP contribution >= 0.6 is 11.8 Å². The maximum Gasteiger partial charge on any atom is 0.224 e. The topological polar surface area (TPSA) is 99.3 Å². The van der Waals surface area contributed by atoms with Crippen LogP contribution in [0.2, 0.25) is 0 Å². The molecular formula is C31H19N5O2S. The number of hydrogen-bond acceptors (Lipinski definition) is 7. The average Bonchev–Trinajstić information content (AvgIpc) is 3.64. The fourth-order valence-corrected chi connectivity index (χ4v) is 6.44. The van der Waals surface area contributed by atoms with Crippen molar-refractivity contribution in [3.63, 3.8) is 0 Å². The van der Waals surface area contributed by atoms with Crippen LogP contribution in [-0.2, 0) is 0 Å². The van der Waals surface area contributed by atoms with Gasteiger partial charge in [-0.25, -0.2) is 9.97 Å². The van der Waals surface area contributed by atoms with Crippen molar-refractivity contribution in [1.29, 1.82) is 0 Å². The van der Waals surface area contributed by atoms with Gasteiger partial charge in [-0.15, -0.1) is 5.10 Å². The molecule has 1 aliphatic rings. The van der Waals surface area contributed by atoms with Gasteiger partial charge in [-0.2, -0.15) is 4.52 Å². The van der Waals surface area contributed by atoms with Crippen LogP contribution in [0.1, 0.15) is 22.3 Å². The number of nitrogen functional groups attached to an aromatic ring is 1. The Hall–Kier alpha value is -4.95. The van der Waals surface area contributed by atoms with Gasteiger partial charge in [-0.05, 0) is 50.0 Å². The molecule has 0 atom stereocenters. The van der Waals surface area contributed by atoms with Crippen LogP contribution < -0.4 is 5.73 Å². The van der Waals surface area contributed by atoms with E-state index in [4.69, 9.17) is 10.2 Å². The Morgan fingerprint density at radius 2 is 1.64 bits per heavy atom. The lowest BCUT2D eigenvalue weighted by Gasteiger charge is -2.19. The zero-order chi connectivity index (χ0) is 26.1. The number of rotatable bonds is 3. The SMILES string of the molecule is Nc1nc(SC2=CCC(=O)c3c2ccc2c3ccc3c4ccccc4ccc23)cc2nc(-c3ccco3)nn12. The summed E-state index contributed by atoms with van der Waals surface area (Å²) in [4.78, 5) is 23.4. The largest absolute Gasteiger partial charge is 0.461 e. The van der Waals surface area contributed by atoms with E-state index in [0.29, 0.717) is 28.7 Å². The molecule has 3 aromatic heterocycles. The summed E-state index contributed by atoms with van der Waals surface area (Å²) in [6.07, 6.45) is 3.87. The highest BCUT2D eigenvalue weighted by atomic mass is 32.2. The first-order valence-electron chi connectivity index (χ1n) is 12.5. The number of hydrogen-bond donors (Lipinski definition) is 1. The first-order chi connectivity index (χ1) is 19.1. The number of nitrogens with two attached hydrogens (primary N) is 1. The van der Waals surface area contributed by atoms with Gasteiger partial charge in [0.05, 0.1) is 6.26 Å². The van der Waals surface area contributed by atoms with Gasteiger partial charge < -0.3 is 10.2 Å². The maximum absolute atomic E-state index is 13.3. The quantitative estimate of drug-likeness (QED) is 0.193. The fraction of sp³-hybridized carbons (Fsp3) is 0.0323. The Kier molecular flexibility index (Phi) is 4.68. The summed E-state index contributed by atoms with van der Waals surface area (Å²) < 4.78 is 6.92. The van der Waals surface area contributed by atoms with Gasteiger partial charge >= 0.3 is 0 Å². The summed E-state index contributed by atoms with van der Waals surface area (Å²) in [5.41, 5.74) is 8.47. The molecule has 3 heterocycles. The van der Waals surface area contributed by atoms with Crippen LogP contribution in [0.4, 0.5) is 5.95 Å². The molecule has 0 saturated heterocycles. The molecule has 8 heteroatoms. The minimum Gasteiger partial charge on any atom is -0.461 e. The third-order valence-electron chi connectivity index (χ3n) is 7.22. The van der Waals surface area contributed by atoms with Crippen molar-refractivity contribution in [3.05, 3.63) is 102 Å². The second kappa shape index (κ2) is 8.28. The average molecular weight is 526 g/mol. The van der Waals surface area contributed by atoms with Crippen LogP contribution in [0.25, 0.3) is 54.5 Å². The standard InChI is InChI=1S/C31H19N5O2S/c32-31-34-28(16-27-33-30(35-36(27)31)25-6-3-15-38-25)39-26-14-13-24(37)29-22-11-9-19-18-5-2-1-4-17(18)7-8-20(19)21(22)10-12-23(26)29/h1-12,14-16H,13H2,(H2,32,34). The molecule has 7 aromatic rings. The van der Waals surface area contributed by atoms with Crippen molar-refractivity contribution in [2.24, 2.45) is 0 Å². The number of carbonyl (C=O) groups excluding carboxylic acids is 1. The summed E-state index contributed by atoms with van der Waals surface area (Å²) in [6, 6.07) is 26.5. The van der Waals surface area contributed by atoms with Crippen LogP contribution in [0.3, 0.4) is 0 Å². The second-order valence-corrected chi connectivity index (χ2v) is 10.5. The molecule has 0 fully saturated rings. The smallest absolute Gasteiger partial charge is 0.224 e. The molecule has 186 valence electrons. The number of anilines is 1. The predicted molar refractivity (Wildman–Crippen MR) is 155 cm³/mol. The highest BCUT2D eigenvalue weighted by molar-refractivity contribution is 8.08. The van der Waals surface area contributed by atoms with Crippen molar-refractivity contribution < 1.29 is 9.21 Å². The van der Waals surface area contributed by atoms with Crippen molar-refractivity contribution in [2.45, 2.75) is 11.4 Å². The van der Waals surface area contributed by atoms with E-state index in [1.807, 2.05) is 12.1 Å². The first-order valence-corrected chi connectivity index (χ1v) is 13.3. The van der Waals surface area contributed by atoms with Gasteiger partial charge in [-0.1, -0.05) is 78.5 Å². The van der Waals surface area contributed by atoms with Gasteiger partial charge in [0.2, 0.25) is 11.8 Å². The third-order valence-corrected chi connectivity index (χ3v) is 8.25. The Morgan fingerprint density at radius 3 is 2.54 bits per heavy atom. The van der Waals surface area contributed by atoms with Gasteiger partial charge in [0.1, 0.15) is 5.03 Å². The van der Waals surface area contributed by atoms with E-state index in [9.17, 15) is 4.79 Å². The number of fused-ring (bicyclic) bond motifs is 8. The lowest BCUT2D eigenvalue weighted by atomic mass is 9.88. The third kappa shape index (κ3) is 3.38. The summed E-state index contributed by atoms with van der Waals surface area (Å²) in [5.74, 6) is 1.34. The number of Topliss-reactive ketones (excluding diaryl/α,β-unsaturated/α-hetero) is 1. The number of nitrogens with zero attached hydrogens (tertiary/aromatic N) is 4. The molecule has 0 unspecified atom stereocenters. The molecular weight excluding hydrogens is 506 g/mol. The number of aromatic nitrogens is 4. The Morgan fingerprint density at radius 1 is 0.846 bits per heavy atom. The normalized spacial score (nSPS) is 13.4. The molecule has 1 aliphatic carbocycles. The Balaban J connectivity index is 1.23. The van der Waals surface area contributed by atoms with Gasteiger partial charge in [0.15, 0.2) is 17.2 Å². The molecule has 4 aromatic carbocycles. The monoisotopic (exact) mass is 525 g/mol. The number of thioether (sulfide) groups is 1. The minimum absolute atomic E-state index is 0.114. The Labute approximate surface area is 226 Å². The number of allylic oxidation sites excluding steroid dienone is 1. The minimum atomic E-state index is 0.114. The number of ketones is 1. The van der Waals surface area contributed by atoms with Crippen molar-refractivity contribution in [1.82, 2.24) is 19.6 Å². The van der Waals surface area contributed by atoms with Gasteiger partial charge in [-0.3, -0.25) is 4.79 Å². The van der Waals surface area contributed by atoms with Crippen LogP contribution in [0.15, 0.2) is 101 Å². The molecule has 7 nitrogen and oxygen atoms in total. The summed E-state index contributed by atoms with van der Waals surface area (Å²) in [7, 11) is 0. The van der Waals surface area contributed by atoms with Gasteiger partial charge in [0.25, 0.3) is 0 Å². The first kappa shape index (κ1) is 22.1. The molecule has 0 bridgehead atoms. The number of benzene rings is 4. The number of furan rings is 1. The summed E-state index contributed by atoms with van der Waals surface area (Å²) >= 11 is 1.47. The molecule has 2 N–H and O–H groups in total. The highest BCUT2D eigenvalue weighted by Crippen LogP contribution is 2.43. The van der Waals surface area contributed by atoms with Crippen LogP contribution in [0, 0.1) is 0 Å². The fourth-order valence-electron chi connectivity index (χ4n) is 5.47. The molecule has 39 heavy (non-hydrogen) atoms. The summed E-state index contributed by atoms with van der Waals surface area (Å²) in [5, 5.41) is 11.9. The molecule has 8 rings (SSSR count). The molecule has 0 radical (unpaired) electrons. The van der Waals surface area contributed by atoms with Crippen LogP contribution in [-0.4, -0.2) is 25.4 Å². The lowest BCUT2D eigenvalue weighted by molar-refractivity contribution is 0.0996. The van der Waals surface area contributed by atoms with E-state index in [2.05, 4.69) is 75.7 Å². The van der Waals surface area contributed by atoms with E-state index in [-0.39, 0.29) is 11.7 Å². The number of carbonyl (C=O) groups is 1. The highest BCUT2D eigenvalue weighted by Gasteiger charge is 2.24. The van der Waals surface area contributed by atoms with E-state index in [1.165, 1.54) is 32.4 Å². The van der Waals surface area contributed by atoms with Gasteiger partial charge in [0, 0.05) is 23.0 Å². The zero-order valence-electron chi connectivity index (χ0n) is 20.5. The second-order valence-electron chi connectivity index (χ2n) is 9.46. The van der Waals surface area contributed by atoms with Crippen molar-refractivity contribution in [2.75, 3.05) is 5.73 Å². The molecule has 0 saturated carbocycles.